The molecule has 1 aliphatic heterocycles. The number of hydrogen-bond donors (Lipinski definition) is 0. The standard InChI is InChI=1S/C5H8Cl2Si/c1-5-3-2-4-8(5,6)7/h2-3,5H,4H2,1H3. The van der Waals surface area contributed by atoms with Crippen LogP contribution >= 0.6 is 22.2 Å². The Morgan fingerprint density at radius 2 is 2.25 bits per heavy atom. The van der Waals surface area contributed by atoms with E-state index in [1.54, 1.807) is 0 Å². The first-order chi connectivity index (χ1) is 3.63. The lowest BCUT2D eigenvalue weighted by Crippen LogP contribution is -2.18. The maximum Gasteiger partial charge on any atom is 0.261 e. The van der Waals surface area contributed by atoms with Crippen LogP contribution in [0.25, 0.3) is 0 Å². The van der Waals surface area contributed by atoms with Gasteiger partial charge in [0.1, 0.15) is 0 Å². The molecule has 0 aromatic heterocycles. The highest BCUT2D eigenvalue weighted by Crippen LogP contribution is 2.39. The second-order valence-corrected chi connectivity index (χ2v) is 9.65. The SMILES string of the molecule is CC1C=CC[Si]1(Cl)Cl. The van der Waals surface area contributed by atoms with Gasteiger partial charge in [-0.3, -0.25) is 0 Å². The third-order valence-corrected chi connectivity index (χ3v) is 6.78. The van der Waals surface area contributed by atoms with E-state index in [1.165, 1.54) is 0 Å². The monoisotopic (exact) mass is 166 g/mol. The Bertz CT molecular complexity index is 120. The molecular formula is C5H8Cl2Si. The van der Waals surface area contributed by atoms with Gasteiger partial charge in [-0.25, -0.2) is 0 Å². The Balaban J connectivity index is 2.64. The van der Waals surface area contributed by atoms with Gasteiger partial charge in [-0.2, -0.15) is 0 Å². The fourth-order valence-corrected chi connectivity index (χ4v) is 2.97. The van der Waals surface area contributed by atoms with Crippen LogP contribution in [0.5, 0.6) is 0 Å². The summed E-state index contributed by atoms with van der Waals surface area (Å²) in [4.78, 5) is 0. The van der Waals surface area contributed by atoms with E-state index in [-0.39, 0.29) is 0 Å². The third-order valence-electron chi connectivity index (χ3n) is 1.48. The average molecular weight is 167 g/mol. The highest BCUT2D eigenvalue weighted by atomic mass is 35.7. The molecule has 0 aliphatic carbocycles. The van der Waals surface area contributed by atoms with Gasteiger partial charge in [-0.05, 0) is 11.6 Å². The summed E-state index contributed by atoms with van der Waals surface area (Å²) in [6.07, 6.45) is 4.18. The Morgan fingerprint density at radius 3 is 2.38 bits per heavy atom. The van der Waals surface area contributed by atoms with Gasteiger partial charge in [0.05, 0.1) is 0 Å². The van der Waals surface area contributed by atoms with Gasteiger partial charge in [0.2, 0.25) is 0 Å². The normalized spacial score (nSPS) is 33.6. The quantitative estimate of drug-likeness (QED) is 0.295. The lowest BCUT2D eigenvalue weighted by Gasteiger charge is -2.12. The summed E-state index contributed by atoms with van der Waals surface area (Å²) in [5.74, 6) is 0. The van der Waals surface area contributed by atoms with Gasteiger partial charge < -0.3 is 0 Å². The summed E-state index contributed by atoms with van der Waals surface area (Å²) < 4.78 is 0. The minimum absolute atomic E-state index is 0.450. The zero-order valence-electron chi connectivity index (χ0n) is 4.70. The molecule has 0 spiro atoms. The van der Waals surface area contributed by atoms with Crippen LogP contribution in [0.3, 0.4) is 0 Å². The van der Waals surface area contributed by atoms with Crippen LogP contribution in [0.4, 0.5) is 0 Å². The molecule has 0 amide bonds. The minimum atomic E-state index is -1.81. The van der Waals surface area contributed by atoms with E-state index in [4.69, 9.17) is 22.2 Å². The molecule has 0 bridgehead atoms. The molecule has 0 saturated heterocycles. The molecule has 0 nitrogen and oxygen atoms in total. The molecule has 1 aliphatic rings. The molecule has 3 heteroatoms. The van der Waals surface area contributed by atoms with E-state index >= 15 is 0 Å². The van der Waals surface area contributed by atoms with Gasteiger partial charge in [0.15, 0.2) is 0 Å². The summed E-state index contributed by atoms with van der Waals surface area (Å²) in [5.41, 5.74) is 0.450. The highest BCUT2D eigenvalue weighted by molar-refractivity contribution is 7.46. The topological polar surface area (TPSA) is 0 Å². The molecule has 1 rings (SSSR count). The minimum Gasteiger partial charge on any atom is -0.145 e. The predicted octanol–water partition coefficient (Wildman–Crippen LogP) is 2.87. The van der Waals surface area contributed by atoms with Crippen molar-refractivity contribution in [1.29, 1.82) is 0 Å². The van der Waals surface area contributed by atoms with Crippen LogP contribution in [0.1, 0.15) is 6.92 Å². The number of rotatable bonds is 0. The summed E-state index contributed by atoms with van der Waals surface area (Å²) in [6, 6.07) is 0.928. The Kier molecular flexibility index (Phi) is 1.70. The lowest BCUT2D eigenvalue weighted by atomic mass is 10.4. The van der Waals surface area contributed by atoms with Crippen LogP contribution in [0, 0.1) is 0 Å². The molecule has 0 aromatic carbocycles. The number of halogens is 2. The molecule has 46 valence electrons. The smallest absolute Gasteiger partial charge is 0.145 e. The average Bonchev–Trinajstić information content (AvgIpc) is 1.86. The van der Waals surface area contributed by atoms with Crippen LogP contribution < -0.4 is 0 Å². The maximum atomic E-state index is 5.96. The van der Waals surface area contributed by atoms with Crippen molar-refractivity contribution in [2.24, 2.45) is 0 Å². The first-order valence-corrected chi connectivity index (χ1v) is 6.98. The van der Waals surface area contributed by atoms with Crippen LogP contribution in [-0.2, 0) is 0 Å². The molecular weight excluding hydrogens is 159 g/mol. The van der Waals surface area contributed by atoms with Gasteiger partial charge in [-0.15, -0.1) is 22.2 Å². The van der Waals surface area contributed by atoms with E-state index in [1.807, 2.05) is 0 Å². The van der Waals surface area contributed by atoms with E-state index in [2.05, 4.69) is 19.1 Å². The Labute approximate surface area is 59.9 Å². The van der Waals surface area contributed by atoms with Crippen molar-refractivity contribution in [3.63, 3.8) is 0 Å². The summed E-state index contributed by atoms with van der Waals surface area (Å²) in [5, 5.41) is 0. The van der Waals surface area contributed by atoms with Crippen molar-refractivity contribution in [2.75, 3.05) is 0 Å². The third kappa shape index (κ3) is 1.09. The fraction of sp³-hybridized carbons (Fsp3) is 0.600. The molecule has 0 aromatic rings. The summed E-state index contributed by atoms with van der Waals surface area (Å²) in [7, 11) is 0. The van der Waals surface area contributed by atoms with Gasteiger partial charge >= 0.3 is 0 Å². The van der Waals surface area contributed by atoms with Gasteiger partial charge in [0, 0.05) is 0 Å². The lowest BCUT2D eigenvalue weighted by molar-refractivity contribution is 1.20. The largest absolute Gasteiger partial charge is 0.261 e. The van der Waals surface area contributed by atoms with Gasteiger partial charge in [0.25, 0.3) is 6.69 Å². The van der Waals surface area contributed by atoms with E-state index in [9.17, 15) is 0 Å². The fourth-order valence-electron chi connectivity index (χ4n) is 0.756. The first-order valence-electron chi connectivity index (χ1n) is 2.67. The molecule has 0 fully saturated rings. The molecule has 1 unspecified atom stereocenters. The van der Waals surface area contributed by atoms with Crippen molar-refractivity contribution in [3.8, 4) is 0 Å². The zero-order chi connectivity index (χ0) is 6.20. The summed E-state index contributed by atoms with van der Waals surface area (Å²) >= 11 is 11.9. The van der Waals surface area contributed by atoms with Crippen molar-refractivity contribution in [2.45, 2.75) is 18.5 Å². The van der Waals surface area contributed by atoms with Gasteiger partial charge in [-0.1, -0.05) is 19.1 Å². The van der Waals surface area contributed by atoms with Crippen molar-refractivity contribution < 1.29 is 0 Å². The van der Waals surface area contributed by atoms with E-state index in [0.717, 1.165) is 6.04 Å². The van der Waals surface area contributed by atoms with E-state index in [0.29, 0.717) is 5.54 Å². The first kappa shape index (κ1) is 6.65. The number of hydrogen-bond acceptors (Lipinski definition) is 0. The van der Waals surface area contributed by atoms with Crippen LogP contribution in [0.15, 0.2) is 12.2 Å². The predicted molar refractivity (Wildman–Crippen MR) is 40.8 cm³/mol. The van der Waals surface area contributed by atoms with Crippen molar-refractivity contribution in [1.82, 2.24) is 0 Å². The van der Waals surface area contributed by atoms with Crippen molar-refractivity contribution >= 4 is 28.9 Å². The number of allylic oxidation sites excluding steroid dienone is 2. The van der Waals surface area contributed by atoms with Crippen molar-refractivity contribution in [3.05, 3.63) is 12.2 Å². The molecule has 1 atom stereocenters. The summed E-state index contributed by atoms with van der Waals surface area (Å²) in [6.45, 7) is 0.269. The molecule has 0 radical (unpaired) electrons. The second kappa shape index (κ2) is 2.05. The molecule has 0 N–H and O–H groups in total. The maximum absolute atomic E-state index is 5.96. The zero-order valence-corrected chi connectivity index (χ0v) is 7.21. The molecule has 1 heterocycles. The molecule has 0 saturated carbocycles. The van der Waals surface area contributed by atoms with Crippen LogP contribution in [-0.4, -0.2) is 6.69 Å². The Hall–Kier alpha value is 0.537. The van der Waals surface area contributed by atoms with Crippen LogP contribution in [0.2, 0.25) is 11.6 Å². The second-order valence-electron chi connectivity index (χ2n) is 2.18. The van der Waals surface area contributed by atoms with E-state index < -0.39 is 6.69 Å². The Morgan fingerprint density at radius 1 is 1.62 bits per heavy atom. The molecule has 8 heavy (non-hydrogen) atoms. The highest BCUT2D eigenvalue weighted by Gasteiger charge is 2.36.